The Balaban J connectivity index is 2.33. The van der Waals surface area contributed by atoms with Gasteiger partial charge in [0.25, 0.3) is 5.91 Å². The van der Waals surface area contributed by atoms with Crippen LogP contribution in [0.5, 0.6) is 0 Å². The largest absolute Gasteiger partial charge is 0.354 e. The van der Waals surface area contributed by atoms with Crippen LogP contribution in [0.4, 0.5) is 0 Å². The zero-order valence-corrected chi connectivity index (χ0v) is 13.1. The second-order valence-corrected chi connectivity index (χ2v) is 5.29. The minimum absolute atomic E-state index is 0.0614. The summed E-state index contributed by atoms with van der Waals surface area (Å²) in [6, 6.07) is 0.537. The van der Waals surface area contributed by atoms with E-state index in [2.05, 4.69) is 36.1 Å². The van der Waals surface area contributed by atoms with Crippen LogP contribution in [0.2, 0.25) is 0 Å². The maximum Gasteiger partial charge on any atom is 0.271 e. The number of nitrogens with zero attached hydrogens (tertiary/aromatic N) is 3. The predicted octanol–water partition coefficient (Wildman–Crippen LogP) is 1.46. The fourth-order valence-electron chi connectivity index (χ4n) is 3.28. The van der Waals surface area contributed by atoms with Crippen LogP contribution in [0.15, 0.2) is 0 Å². The molecule has 1 aromatic heterocycles. The Labute approximate surface area is 121 Å². The quantitative estimate of drug-likeness (QED) is 0.887. The van der Waals surface area contributed by atoms with Crippen molar-refractivity contribution >= 4 is 5.91 Å². The number of hydrogen-bond acceptors (Lipinski definition) is 3. The van der Waals surface area contributed by atoms with E-state index >= 15 is 0 Å². The molecule has 0 fully saturated rings. The third-order valence-electron chi connectivity index (χ3n) is 4.39. The first-order valence-corrected chi connectivity index (χ1v) is 7.70. The molecule has 1 heterocycles. The number of hydrogen-bond donors (Lipinski definition) is 1. The van der Waals surface area contributed by atoms with Gasteiger partial charge in [0, 0.05) is 30.9 Å². The zero-order valence-electron chi connectivity index (χ0n) is 13.1. The molecule has 2 rings (SSSR count). The first-order chi connectivity index (χ1) is 9.65. The predicted molar refractivity (Wildman–Crippen MR) is 80.0 cm³/mol. The Morgan fingerprint density at radius 3 is 2.65 bits per heavy atom. The highest BCUT2D eigenvalue weighted by Crippen LogP contribution is 2.27. The summed E-state index contributed by atoms with van der Waals surface area (Å²) >= 11 is 0. The van der Waals surface area contributed by atoms with Crippen molar-refractivity contribution in [1.29, 1.82) is 0 Å². The molecule has 0 radical (unpaired) electrons. The van der Waals surface area contributed by atoms with E-state index in [4.69, 9.17) is 0 Å². The van der Waals surface area contributed by atoms with Crippen LogP contribution in [0.3, 0.4) is 0 Å². The van der Waals surface area contributed by atoms with Gasteiger partial charge in [-0.2, -0.15) is 5.10 Å². The number of likely N-dealkylation sites (N-methyl/N-ethyl adjacent to an activating group) is 1. The number of rotatable bonds is 5. The minimum Gasteiger partial charge on any atom is -0.354 e. The minimum atomic E-state index is -0.0614. The highest BCUT2D eigenvalue weighted by atomic mass is 16.1. The van der Waals surface area contributed by atoms with E-state index < -0.39 is 0 Å². The molecular weight excluding hydrogens is 252 g/mol. The van der Waals surface area contributed by atoms with Crippen LogP contribution < -0.4 is 5.32 Å². The number of aryl methyl sites for hydroxylation is 1. The first-order valence-electron chi connectivity index (χ1n) is 7.70. The molecule has 0 saturated carbocycles. The van der Waals surface area contributed by atoms with Crippen molar-refractivity contribution in [1.82, 2.24) is 20.0 Å². The lowest BCUT2D eigenvalue weighted by Gasteiger charge is -2.33. The average Bonchev–Trinajstić information content (AvgIpc) is 2.86. The van der Waals surface area contributed by atoms with Gasteiger partial charge in [0.1, 0.15) is 0 Å². The van der Waals surface area contributed by atoms with Crippen LogP contribution in [0, 0.1) is 0 Å². The van der Waals surface area contributed by atoms with Gasteiger partial charge in [-0.05, 0) is 39.3 Å². The SMILES string of the molecule is CCN(CC)C1CCc2c(c(C(=O)NC)nn2CC)C1. The number of amides is 1. The van der Waals surface area contributed by atoms with Crippen LogP contribution in [0.25, 0.3) is 0 Å². The summed E-state index contributed by atoms with van der Waals surface area (Å²) in [5.41, 5.74) is 3.05. The monoisotopic (exact) mass is 278 g/mol. The lowest BCUT2D eigenvalue weighted by atomic mass is 9.90. The molecule has 0 bridgehead atoms. The van der Waals surface area contributed by atoms with Crippen molar-refractivity contribution in [3.63, 3.8) is 0 Å². The number of carbonyl (C=O) groups is 1. The van der Waals surface area contributed by atoms with Gasteiger partial charge in [0.15, 0.2) is 5.69 Å². The van der Waals surface area contributed by atoms with E-state index in [1.807, 2.05) is 4.68 Å². The van der Waals surface area contributed by atoms with E-state index in [-0.39, 0.29) is 5.91 Å². The van der Waals surface area contributed by atoms with Gasteiger partial charge in [-0.25, -0.2) is 0 Å². The summed E-state index contributed by atoms with van der Waals surface area (Å²) in [5, 5.41) is 7.23. The molecule has 1 aliphatic carbocycles. The van der Waals surface area contributed by atoms with E-state index in [0.29, 0.717) is 11.7 Å². The topological polar surface area (TPSA) is 50.2 Å². The second kappa shape index (κ2) is 6.39. The Hall–Kier alpha value is -1.36. The van der Waals surface area contributed by atoms with Crippen molar-refractivity contribution < 1.29 is 4.79 Å². The molecule has 1 unspecified atom stereocenters. The van der Waals surface area contributed by atoms with Crippen LogP contribution in [0.1, 0.15) is 48.9 Å². The van der Waals surface area contributed by atoms with Gasteiger partial charge < -0.3 is 10.2 Å². The maximum absolute atomic E-state index is 12.0. The van der Waals surface area contributed by atoms with Crippen molar-refractivity contribution in [3.8, 4) is 0 Å². The Morgan fingerprint density at radius 2 is 2.10 bits per heavy atom. The van der Waals surface area contributed by atoms with Crippen LogP contribution in [-0.2, 0) is 19.4 Å². The summed E-state index contributed by atoms with van der Waals surface area (Å²) in [4.78, 5) is 14.5. The lowest BCUT2D eigenvalue weighted by molar-refractivity contribution is 0.0955. The highest BCUT2D eigenvalue weighted by molar-refractivity contribution is 5.93. The van der Waals surface area contributed by atoms with Crippen LogP contribution >= 0.6 is 0 Å². The van der Waals surface area contributed by atoms with Gasteiger partial charge in [-0.1, -0.05) is 13.8 Å². The zero-order chi connectivity index (χ0) is 14.7. The van der Waals surface area contributed by atoms with Crippen molar-refractivity contribution in [3.05, 3.63) is 17.0 Å². The smallest absolute Gasteiger partial charge is 0.271 e. The molecule has 112 valence electrons. The molecule has 1 aromatic rings. The standard InChI is InChI=1S/C15H26N4O/c1-5-18(6-2)11-8-9-13-12(10-11)14(15(20)16-4)17-19(13)7-3/h11H,5-10H2,1-4H3,(H,16,20). The van der Waals surface area contributed by atoms with Crippen LogP contribution in [-0.4, -0.2) is 46.8 Å². The molecule has 0 saturated heterocycles. The lowest BCUT2D eigenvalue weighted by Crippen LogP contribution is -2.39. The molecule has 20 heavy (non-hydrogen) atoms. The fraction of sp³-hybridized carbons (Fsp3) is 0.733. The summed E-state index contributed by atoms with van der Waals surface area (Å²) in [6.07, 6.45) is 3.13. The third kappa shape index (κ3) is 2.59. The average molecular weight is 278 g/mol. The summed E-state index contributed by atoms with van der Waals surface area (Å²) in [5.74, 6) is -0.0614. The van der Waals surface area contributed by atoms with Gasteiger partial charge in [0.05, 0.1) is 0 Å². The van der Waals surface area contributed by atoms with Crippen molar-refractivity contribution in [2.24, 2.45) is 0 Å². The van der Waals surface area contributed by atoms with E-state index in [1.165, 1.54) is 5.69 Å². The fourth-order valence-corrected chi connectivity index (χ4v) is 3.28. The van der Waals surface area contributed by atoms with E-state index in [1.54, 1.807) is 7.05 Å². The Bertz CT molecular complexity index is 476. The number of carbonyl (C=O) groups excluding carboxylic acids is 1. The molecular formula is C15H26N4O. The summed E-state index contributed by atoms with van der Waals surface area (Å²) < 4.78 is 2.00. The first kappa shape index (κ1) is 15.0. The van der Waals surface area contributed by atoms with Crippen molar-refractivity contribution in [2.75, 3.05) is 20.1 Å². The highest BCUT2D eigenvalue weighted by Gasteiger charge is 2.30. The molecule has 1 amide bonds. The van der Waals surface area contributed by atoms with Crippen molar-refractivity contribution in [2.45, 2.75) is 52.6 Å². The van der Waals surface area contributed by atoms with Gasteiger partial charge in [-0.15, -0.1) is 0 Å². The Kier molecular flexibility index (Phi) is 4.81. The maximum atomic E-state index is 12.0. The molecule has 0 aliphatic heterocycles. The second-order valence-electron chi connectivity index (χ2n) is 5.29. The van der Waals surface area contributed by atoms with E-state index in [9.17, 15) is 4.79 Å². The Morgan fingerprint density at radius 1 is 1.40 bits per heavy atom. The molecule has 1 N–H and O–H groups in total. The molecule has 1 aliphatic rings. The third-order valence-corrected chi connectivity index (χ3v) is 4.39. The molecule has 1 atom stereocenters. The number of nitrogens with one attached hydrogen (secondary N) is 1. The normalized spacial score (nSPS) is 18.1. The number of fused-ring (bicyclic) bond motifs is 1. The van der Waals surface area contributed by atoms with E-state index in [0.717, 1.165) is 44.5 Å². The molecule has 0 spiro atoms. The number of aromatic nitrogens is 2. The molecule has 5 heteroatoms. The molecule has 0 aromatic carbocycles. The van der Waals surface area contributed by atoms with Gasteiger partial charge >= 0.3 is 0 Å². The molecule has 5 nitrogen and oxygen atoms in total. The summed E-state index contributed by atoms with van der Waals surface area (Å²) in [6.45, 7) is 9.44. The van der Waals surface area contributed by atoms with Gasteiger partial charge in [-0.3, -0.25) is 9.48 Å². The van der Waals surface area contributed by atoms with Gasteiger partial charge in [0.2, 0.25) is 0 Å². The summed E-state index contributed by atoms with van der Waals surface area (Å²) in [7, 11) is 1.67.